The zero-order chi connectivity index (χ0) is 19.7. The Bertz CT molecular complexity index is 1070. The minimum Gasteiger partial charge on any atom is -0.467 e. The first-order chi connectivity index (χ1) is 13.4. The first-order valence-corrected chi connectivity index (χ1v) is 11.0. The number of aromatic nitrogens is 1. The van der Waals surface area contributed by atoms with Crippen LogP contribution in [-0.4, -0.2) is 41.8 Å². The molecule has 10 heteroatoms. The predicted octanol–water partition coefficient (Wildman–Crippen LogP) is 3.44. The fourth-order valence-electron chi connectivity index (χ4n) is 3.12. The Labute approximate surface area is 165 Å². The van der Waals surface area contributed by atoms with E-state index in [4.69, 9.17) is 4.74 Å². The maximum Gasteiger partial charge on any atom is 0.274 e. The highest BCUT2D eigenvalue weighted by Crippen LogP contribution is 2.30. The van der Waals surface area contributed by atoms with Crippen LogP contribution in [0.3, 0.4) is 0 Å². The zero-order valence-corrected chi connectivity index (χ0v) is 16.4. The Hall–Kier alpha value is -2.56. The Balaban J connectivity index is 1.40. The number of fused-ring (bicyclic) bond motifs is 1. The van der Waals surface area contributed by atoms with E-state index in [0.29, 0.717) is 31.1 Å². The van der Waals surface area contributed by atoms with Gasteiger partial charge in [-0.05, 0) is 37.1 Å². The zero-order valence-electron chi connectivity index (χ0n) is 14.7. The molecular formula is C18H17N3O5S2. The monoisotopic (exact) mass is 419 g/mol. The third kappa shape index (κ3) is 3.71. The number of non-ortho nitro benzene ring substituents is 1. The molecule has 0 radical (unpaired) electrons. The molecule has 0 saturated carbocycles. The van der Waals surface area contributed by atoms with Crippen LogP contribution in [0.15, 0.2) is 53.4 Å². The lowest BCUT2D eigenvalue weighted by Gasteiger charge is -2.30. The van der Waals surface area contributed by atoms with Gasteiger partial charge < -0.3 is 4.74 Å². The molecule has 0 bridgehead atoms. The number of nitrogens with zero attached hydrogens (tertiary/aromatic N) is 3. The molecule has 0 spiro atoms. The smallest absolute Gasteiger partial charge is 0.274 e. The van der Waals surface area contributed by atoms with Gasteiger partial charge in [-0.3, -0.25) is 10.1 Å². The number of ether oxygens (including phenoxy) is 1. The molecule has 0 aliphatic carbocycles. The van der Waals surface area contributed by atoms with Crippen molar-refractivity contribution in [3.63, 3.8) is 0 Å². The summed E-state index contributed by atoms with van der Waals surface area (Å²) in [7, 11) is -3.68. The van der Waals surface area contributed by atoms with Crippen LogP contribution in [0.5, 0.6) is 5.19 Å². The van der Waals surface area contributed by atoms with E-state index in [1.807, 2.05) is 24.3 Å². The average Bonchev–Trinajstić information content (AvgIpc) is 3.10. The van der Waals surface area contributed by atoms with E-state index in [1.165, 1.54) is 39.9 Å². The topological polar surface area (TPSA) is 103 Å². The van der Waals surface area contributed by atoms with E-state index in [1.54, 1.807) is 0 Å². The van der Waals surface area contributed by atoms with Gasteiger partial charge in [0.1, 0.15) is 6.10 Å². The largest absolute Gasteiger partial charge is 0.467 e. The molecule has 0 N–H and O–H groups in total. The van der Waals surface area contributed by atoms with Gasteiger partial charge in [0, 0.05) is 25.2 Å². The maximum absolute atomic E-state index is 12.8. The molecule has 3 aromatic rings. The lowest BCUT2D eigenvalue weighted by Crippen LogP contribution is -2.41. The van der Waals surface area contributed by atoms with Gasteiger partial charge in [-0.1, -0.05) is 23.5 Å². The van der Waals surface area contributed by atoms with Gasteiger partial charge in [-0.2, -0.15) is 4.31 Å². The number of thiazole rings is 1. The van der Waals surface area contributed by atoms with E-state index in [9.17, 15) is 18.5 Å². The van der Waals surface area contributed by atoms with Crippen LogP contribution < -0.4 is 4.74 Å². The summed E-state index contributed by atoms with van der Waals surface area (Å²) < 4.78 is 33.9. The van der Waals surface area contributed by atoms with Crippen LogP contribution in [-0.2, 0) is 10.0 Å². The minimum absolute atomic E-state index is 0.0589. The van der Waals surface area contributed by atoms with Crippen molar-refractivity contribution in [1.29, 1.82) is 0 Å². The lowest BCUT2D eigenvalue weighted by molar-refractivity contribution is -0.384. The molecule has 0 amide bonds. The molecule has 28 heavy (non-hydrogen) atoms. The maximum atomic E-state index is 12.8. The normalized spacial score (nSPS) is 16.3. The molecule has 0 atom stereocenters. The van der Waals surface area contributed by atoms with E-state index >= 15 is 0 Å². The Morgan fingerprint density at radius 1 is 1.11 bits per heavy atom. The first-order valence-electron chi connectivity index (χ1n) is 8.70. The van der Waals surface area contributed by atoms with E-state index in [-0.39, 0.29) is 16.7 Å². The highest BCUT2D eigenvalue weighted by molar-refractivity contribution is 7.89. The molecule has 1 aliphatic rings. The summed E-state index contributed by atoms with van der Waals surface area (Å²) in [5, 5.41) is 11.3. The van der Waals surface area contributed by atoms with Crippen molar-refractivity contribution in [2.24, 2.45) is 0 Å². The number of sulfonamides is 1. The summed E-state index contributed by atoms with van der Waals surface area (Å²) in [5.41, 5.74) is 0.752. The Morgan fingerprint density at radius 2 is 1.79 bits per heavy atom. The van der Waals surface area contributed by atoms with Crippen LogP contribution in [0, 0.1) is 10.1 Å². The van der Waals surface area contributed by atoms with Crippen LogP contribution >= 0.6 is 11.3 Å². The van der Waals surface area contributed by atoms with Crippen LogP contribution in [0.2, 0.25) is 0 Å². The Morgan fingerprint density at radius 3 is 2.43 bits per heavy atom. The number of nitro benzene ring substituents is 1. The third-order valence-corrected chi connectivity index (χ3v) is 7.47. The summed E-state index contributed by atoms with van der Waals surface area (Å²) in [4.78, 5) is 14.7. The van der Waals surface area contributed by atoms with Crippen molar-refractivity contribution in [1.82, 2.24) is 9.29 Å². The molecule has 0 unspecified atom stereocenters. The van der Waals surface area contributed by atoms with Crippen molar-refractivity contribution in [2.45, 2.75) is 23.8 Å². The molecular weight excluding hydrogens is 402 g/mol. The number of benzene rings is 2. The van der Waals surface area contributed by atoms with Crippen molar-refractivity contribution in [2.75, 3.05) is 13.1 Å². The lowest BCUT2D eigenvalue weighted by atomic mass is 10.1. The number of hydrogen-bond acceptors (Lipinski definition) is 7. The molecule has 4 rings (SSSR count). The van der Waals surface area contributed by atoms with Gasteiger partial charge in [0.2, 0.25) is 10.0 Å². The average molecular weight is 419 g/mol. The SMILES string of the molecule is O=[N+]([O-])c1ccc(S(=O)(=O)N2CCC(Oc3nc4ccccc4s3)CC2)cc1. The molecule has 1 aliphatic heterocycles. The van der Waals surface area contributed by atoms with Crippen molar-refractivity contribution in [3.05, 3.63) is 58.6 Å². The van der Waals surface area contributed by atoms with Crippen molar-refractivity contribution < 1.29 is 18.1 Å². The van der Waals surface area contributed by atoms with E-state index in [2.05, 4.69) is 4.98 Å². The highest BCUT2D eigenvalue weighted by atomic mass is 32.2. The first kappa shape index (κ1) is 18.8. The van der Waals surface area contributed by atoms with Crippen molar-refractivity contribution in [3.8, 4) is 5.19 Å². The summed E-state index contributed by atoms with van der Waals surface area (Å²) in [5.74, 6) is 0. The van der Waals surface area contributed by atoms with Gasteiger partial charge in [0.05, 0.1) is 20.0 Å². The fraction of sp³-hybridized carbons (Fsp3) is 0.278. The number of para-hydroxylation sites is 1. The summed E-state index contributed by atoms with van der Waals surface area (Å²) in [6.45, 7) is 0.657. The fourth-order valence-corrected chi connectivity index (χ4v) is 5.47. The molecule has 146 valence electrons. The molecule has 1 aromatic heterocycles. The minimum atomic E-state index is -3.68. The van der Waals surface area contributed by atoms with Gasteiger partial charge in [0.25, 0.3) is 10.9 Å². The van der Waals surface area contributed by atoms with Crippen LogP contribution in [0.25, 0.3) is 10.2 Å². The summed E-state index contributed by atoms with van der Waals surface area (Å²) >= 11 is 1.48. The van der Waals surface area contributed by atoms with Gasteiger partial charge >= 0.3 is 0 Å². The van der Waals surface area contributed by atoms with Crippen molar-refractivity contribution >= 4 is 37.3 Å². The predicted molar refractivity (Wildman–Crippen MR) is 105 cm³/mol. The van der Waals surface area contributed by atoms with E-state index < -0.39 is 14.9 Å². The standard InChI is InChI=1S/C18H17N3O5S2/c22-21(23)13-5-7-15(8-6-13)28(24,25)20-11-9-14(10-12-20)26-18-19-16-3-1-2-4-17(16)27-18/h1-8,14H,9-12H2. The number of piperidine rings is 1. The van der Waals surface area contributed by atoms with Crippen LogP contribution in [0.4, 0.5) is 5.69 Å². The second kappa shape index (κ2) is 7.46. The van der Waals surface area contributed by atoms with Crippen LogP contribution in [0.1, 0.15) is 12.8 Å². The molecule has 8 nitrogen and oxygen atoms in total. The second-order valence-corrected chi connectivity index (χ2v) is 9.35. The third-order valence-electron chi connectivity index (χ3n) is 4.63. The van der Waals surface area contributed by atoms with Gasteiger partial charge in [-0.15, -0.1) is 0 Å². The molecule has 2 aromatic carbocycles. The number of rotatable bonds is 5. The number of hydrogen-bond donors (Lipinski definition) is 0. The van der Waals surface area contributed by atoms with Gasteiger partial charge in [-0.25, -0.2) is 13.4 Å². The Kier molecular flexibility index (Phi) is 5.00. The molecule has 1 saturated heterocycles. The second-order valence-electron chi connectivity index (χ2n) is 6.42. The quantitative estimate of drug-likeness (QED) is 0.464. The molecule has 1 fully saturated rings. The number of nitro groups is 1. The molecule has 2 heterocycles. The summed E-state index contributed by atoms with van der Waals surface area (Å²) in [6.07, 6.45) is 1.02. The highest BCUT2D eigenvalue weighted by Gasteiger charge is 2.30. The summed E-state index contributed by atoms with van der Waals surface area (Å²) in [6, 6.07) is 12.7. The van der Waals surface area contributed by atoms with E-state index in [0.717, 1.165) is 10.2 Å². The van der Waals surface area contributed by atoms with Gasteiger partial charge in [0.15, 0.2) is 0 Å².